The van der Waals surface area contributed by atoms with Gasteiger partial charge in [-0.2, -0.15) is 0 Å². The summed E-state index contributed by atoms with van der Waals surface area (Å²) in [5.41, 5.74) is 8.81. The van der Waals surface area contributed by atoms with Gasteiger partial charge in [-0.1, -0.05) is 69.2 Å². The number of fused-ring (bicyclic) bond motifs is 4. The summed E-state index contributed by atoms with van der Waals surface area (Å²) in [6.45, 7) is 7.00. The minimum atomic E-state index is 0.226. The third-order valence-corrected chi connectivity index (χ3v) is 10.2. The van der Waals surface area contributed by atoms with Crippen molar-refractivity contribution in [1.29, 1.82) is 0 Å². The molecule has 1 aromatic heterocycles. The van der Waals surface area contributed by atoms with E-state index in [1.54, 1.807) is 0 Å². The van der Waals surface area contributed by atoms with Gasteiger partial charge in [0, 0.05) is 29.4 Å². The van der Waals surface area contributed by atoms with E-state index in [1.807, 2.05) is 13.1 Å². The van der Waals surface area contributed by atoms with Gasteiger partial charge >= 0.3 is 0 Å². The maximum absolute atomic E-state index is 13.2. The second-order valence-corrected chi connectivity index (χ2v) is 12.6. The number of carbonyl (C=O) groups excluding carboxylic acids is 1. The molecule has 0 amide bonds. The second-order valence-electron chi connectivity index (χ2n) is 12.6. The molecule has 1 heterocycles. The highest BCUT2D eigenvalue weighted by Gasteiger charge is 2.49. The molecule has 6 rings (SSSR count). The lowest BCUT2D eigenvalue weighted by atomic mass is 9.51. The van der Waals surface area contributed by atoms with Gasteiger partial charge in [0.1, 0.15) is 0 Å². The lowest BCUT2D eigenvalue weighted by Crippen LogP contribution is -2.48. The lowest BCUT2D eigenvalue weighted by molar-refractivity contribution is 0.0594. The minimum absolute atomic E-state index is 0.226. The van der Waals surface area contributed by atoms with Gasteiger partial charge in [0.05, 0.1) is 0 Å². The molecule has 3 aliphatic rings. The molecular formula is C35H41NO. The van der Waals surface area contributed by atoms with Gasteiger partial charge in [-0.25, -0.2) is 0 Å². The van der Waals surface area contributed by atoms with Crippen molar-refractivity contribution in [1.82, 2.24) is 4.98 Å². The van der Waals surface area contributed by atoms with Gasteiger partial charge in [0.15, 0.2) is 5.78 Å². The largest absolute Gasteiger partial charge is 0.294 e. The Morgan fingerprint density at radius 1 is 1.00 bits per heavy atom. The number of nitrogens with zero attached hydrogens (tertiary/aromatic N) is 1. The second kappa shape index (κ2) is 9.86. The molecule has 0 spiro atoms. The van der Waals surface area contributed by atoms with Crippen molar-refractivity contribution in [3.63, 3.8) is 0 Å². The number of aryl methyl sites for hydroxylation is 2. The fraction of sp³-hybridized carbons (Fsp3) is 0.486. The van der Waals surface area contributed by atoms with Gasteiger partial charge < -0.3 is 0 Å². The van der Waals surface area contributed by atoms with Crippen LogP contribution < -0.4 is 0 Å². The van der Waals surface area contributed by atoms with Crippen molar-refractivity contribution in [3.8, 4) is 11.1 Å². The van der Waals surface area contributed by atoms with Gasteiger partial charge in [-0.3, -0.25) is 9.78 Å². The van der Waals surface area contributed by atoms with Crippen LogP contribution in [0.4, 0.5) is 0 Å². The summed E-state index contributed by atoms with van der Waals surface area (Å²) in [4.78, 5) is 17.6. The normalized spacial score (nSPS) is 26.5. The summed E-state index contributed by atoms with van der Waals surface area (Å²) in [6.07, 6.45) is 12.6. The number of pyridine rings is 1. The van der Waals surface area contributed by atoms with E-state index in [1.165, 1.54) is 60.8 Å². The smallest absolute Gasteiger partial charge is 0.162 e. The van der Waals surface area contributed by atoms with Gasteiger partial charge in [-0.15, -0.1) is 0 Å². The van der Waals surface area contributed by atoms with E-state index >= 15 is 0 Å². The average molecular weight is 492 g/mol. The molecule has 3 aliphatic carbocycles. The van der Waals surface area contributed by atoms with Gasteiger partial charge in [0.2, 0.25) is 0 Å². The highest BCUT2D eigenvalue weighted by Crippen LogP contribution is 2.56. The third-order valence-electron chi connectivity index (χ3n) is 10.2. The Morgan fingerprint density at radius 2 is 1.78 bits per heavy atom. The Labute approximate surface area is 222 Å². The summed E-state index contributed by atoms with van der Waals surface area (Å²) in [5, 5.41) is 0. The van der Waals surface area contributed by atoms with Crippen LogP contribution in [-0.4, -0.2) is 10.8 Å². The van der Waals surface area contributed by atoms with Crippen molar-refractivity contribution in [2.24, 2.45) is 23.7 Å². The van der Waals surface area contributed by atoms with E-state index in [-0.39, 0.29) is 5.41 Å². The van der Waals surface area contributed by atoms with Crippen LogP contribution in [0.5, 0.6) is 0 Å². The summed E-state index contributed by atoms with van der Waals surface area (Å²) in [5.74, 6) is 3.76. The van der Waals surface area contributed by atoms with Gasteiger partial charge in [-0.05, 0) is 109 Å². The summed E-state index contributed by atoms with van der Waals surface area (Å²) >= 11 is 0. The van der Waals surface area contributed by atoms with Crippen LogP contribution in [0, 0.1) is 30.6 Å². The number of carbonyl (C=O) groups is 1. The van der Waals surface area contributed by atoms with Crippen molar-refractivity contribution >= 4 is 5.78 Å². The first-order valence-corrected chi connectivity index (χ1v) is 14.6. The SMILES string of the molecule is Cc1ccc(-c2ccc(CCCC(=O)c3ccc4c(c3)[C@@]3(C)CC[C@@H](CC5CC5)C(C4)[C@@H]3C)cc2)cn1. The molecule has 2 saturated carbocycles. The lowest BCUT2D eigenvalue weighted by Gasteiger charge is -2.53. The maximum Gasteiger partial charge on any atom is 0.162 e. The fourth-order valence-corrected chi connectivity index (χ4v) is 7.42. The molecule has 0 aliphatic heterocycles. The molecule has 2 nitrogen and oxygen atoms in total. The molecule has 2 aromatic carbocycles. The highest BCUT2D eigenvalue weighted by molar-refractivity contribution is 5.96. The van der Waals surface area contributed by atoms with Crippen molar-refractivity contribution in [2.45, 2.75) is 84.0 Å². The molecule has 2 bridgehead atoms. The Bertz CT molecular complexity index is 1270. The van der Waals surface area contributed by atoms with Crippen LogP contribution in [0.3, 0.4) is 0 Å². The van der Waals surface area contributed by atoms with E-state index in [9.17, 15) is 4.79 Å². The molecule has 0 saturated heterocycles. The third kappa shape index (κ3) is 4.92. The topological polar surface area (TPSA) is 30.0 Å². The van der Waals surface area contributed by atoms with Gasteiger partial charge in [0.25, 0.3) is 0 Å². The first-order valence-electron chi connectivity index (χ1n) is 14.6. The molecule has 3 aromatic rings. The Hall–Kier alpha value is -2.74. The molecule has 2 heteroatoms. The standard InChI is InChI=1S/C35H41NO/c1-23-7-12-31(22-36-23)27-13-10-25(11-14-27)5-4-6-34(37)30-16-15-29-20-32-24(2)35(3,33(29)21-30)18-17-28(32)19-26-8-9-26/h7,10-16,21-22,24,26,28,32H,4-6,8-9,17-20H2,1-3H3/t24-,28-,32?,35-/m0/s1. The molecule has 37 heavy (non-hydrogen) atoms. The minimum Gasteiger partial charge on any atom is -0.294 e. The molecule has 0 N–H and O–H groups in total. The van der Waals surface area contributed by atoms with Crippen molar-refractivity contribution < 1.29 is 4.79 Å². The Balaban J connectivity index is 1.09. The fourth-order valence-electron chi connectivity index (χ4n) is 7.42. The van der Waals surface area contributed by atoms with E-state index < -0.39 is 0 Å². The maximum atomic E-state index is 13.2. The van der Waals surface area contributed by atoms with E-state index in [0.29, 0.717) is 18.1 Å². The molecule has 192 valence electrons. The van der Waals surface area contributed by atoms with Crippen molar-refractivity contribution in [3.05, 3.63) is 88.7 Å². The van der Waals surface area contributed by atoms with Crippen molar-refractivity contribution in [2.75, 3.05) is 0 Å². The first kappa shape index (κ1) is 24.6. The predicted molar refractivity (Wildman–Crippen MR) is 152 cm³/mol. The van der Waals surface area contributed by atoms with Crippen LogP contribution >= 0.6 is 0 Å². The van der Waals surface area contributed by atoms with Crippen LogP contribution in [-0.2, 0) is 18.3 Å². The zero-order valence-electron chi connectivity index (χ0n) is 22.8. The molecular weight excluding hydrogens is 450 g/mol. The van der Waals surface area contributed by atoms with E-state index in [4.69, 9.17) is 0 Å². The van der Waals surface area contributed by atoms with E-state index in [0.717, 1.165) is 47.4 Å². The molecule has 2 fully saturated rings. The highest BCUT2D eigenvalue weighted by atomic mass is 16.1. The number of aromatic nitrogens is 1. The molecule has 1 unspecified atom stereocenters. The first-order chi connectivity index (χ1) is 17.9. The summed E-state index contributed by atoms with van der Waals surface area (Å²) in [7, 11) is 0. The monoisotopic (exact) mass is 491 g/mol. The summed E-state index contributed by atoms with van der Waals surface area (Å²) in [6, 6.07) is 19.6. The van der Waals surface area contributed by atoms with Crippen LogP contribution in [0.15, 0.2) is 60.8 Å². The van der Waals surface area contributed by atoms with Crippen LogP contribution in [0.25, 0.3) is 11.1 Å². The zero-order valence-corrected chi connectivity index (χ0v) is 22.8. The predicted octanol–water partition coefficient (Wildman–Crippen LogP) is 8.54. The number of ketones is 1. The van der Waals surface area contributed by atoms with Crippen LogP contribution in [0.2, 0.25) is 0 Å². The quantitative estimate of drug-likeness (QED) is 0.296. The Kier molecular flexibility index (Phi) is 6.55. The molecule has 0 radical (unpaired) electrons. The molecule has 4 atom stereocenters. The number of benzene rings is 2. The Morgan fingerprint density at radius 3 is 2.51 bits per heavy atom. The number of Topliss-reactive ketones (excluding diaryl/α,β-unsaturated/α-hetero) is 1. The number of rotatable bonds is 8. The van der Waals surface area contributed by atoms with E-state index in [2.05, 4.69) is 73.4 Å². The number of hydrogen-bond donors (Lipinski definition) is 0. The summed E-state index contributed by atoms with van der Waals surface area (Å²) < 4.78 is 0. The average Bonchev–Trinajstić information content (AvgIpc) is 3.73. The van der Waals surface area contributed by atoms with Crippen LogP contribution in [0.1, 0.15) is 91.5 Å². The zero-order chi connectivity index (χ0) is 25.6. The number of hydrogen-bond acceptors (Lipinski definition) is 2.